The van der Waals surface area contributed by atoms with Crippen molar-refractivity contribution in [2.75, 3.05) is 6.61 Å². The Hall–Kier alpha value is -0.950. The van der Waals surface area contributed by atoms with Crippen LogP contribution in [0.15, 0.2) is 22.7 Å². The van der Waals surface area contributed by atoms with Gasteiger partial charge in [-0.2, -0.15) is 13.2 Å². The predicted octanol–water partition coefficient (Wildman–Crippen LogP) is 3.74. The second-order valence-corrected chi connectivity index (χ2v) is 4.61. The Labute approximate surface area is 114 Å². The molecule has 100 valence electrons. The van der Waals surface area contributed by atoms with Crippen molar-refractivity contribution in [2.24, 2.45) is 5.92 Å². The summed E-state index contributed by atoms with van der Waals surface area (Å²) >= 11 is 8.69. The molecule has 0 saturated carbocycles. The number of halogens is 5. The van der Waals surface area contributed by atoms with Crippen LogP contribution in [0.4, 0.5) is 13.2 Å². The first-order chi connectivity index (χ1) is 8.21. The van der Waals surface area contributed by atoms with Gasteiger partial charge in [-0.3, -0.25) is 4.79 Å². The summed E-state index contributed by atoms with van der Waals surface area (Å²) in [6, 6.07) is 4.20. The molecule has 1 N–H and O–H groups in total. The molecule has 0 aliphatic heterocycles. The lowest BCUT2D eigenvalue weighted by Crippen LogP contribution is -2.35. The van der Waals surface area contributed by atoms with Crippen LogP contribution < -0.4 is 4.74 Å². The highest BCUT2D eigenvalue weighted by Gasteiger charge is 2.45. The first-order valence-electron chi connectivity index (χ1n) is 4.59. The van der Waals surface area contributed by atoms with Crippen LogP contribution in [-0.2, 0) is 4.79 Å². The molecule has 0 bridgehead atoms. The van der Waals surface area contributed by atoms with Gasteiger partial charge in [0.05, 0.1) is 4.47 Å². The average molecular weight is 348 g/mol. The monoisotopic (exact) mass is 346 g/mol. The van der Waals surface area contributed by atoms with Gasteiger partial charge in [-0.15, -0.1) is 0 Å². The van der Waals surface area contributed by atoms with Crippen molar-refractivity contribution in [3.05, 3.63) is 27.7 Å². The van der Waals surface area contributed by atoms with E-state index in [1.807, 2.05) is 0 Å². The zero-order chi connectivity index (χ0) is 13.9. The number of hydrogen-bond donors (Lipinski definition) is 1. The summed E-state index contributed by atoms with van der Waals surface area (Å²) in [4.78, 5) is 10.5. The number of carboxylic acids is 1. The fourth-order valence-electron chi connectivity index (χ4n) is 1.07. The molecule has 0 amide bonds. The van der Waals surface area contributed by atoms with Crippen molar-refractivity contribution >= 4 is 33.5 Å². The Kier molecular flexibility index (Phi) is 4.86. The van der Waals surface area contributed by atoms with Crippen molar-refractivity contribution in [1.29, 1.82) is 0 Å². The molecule has 0 saturated heterocycles. The zero-order valence-corrected chi connectivity index (χ0v) is 11.0. The molecule has 0 aliphatic rings. The summed E-state index contributed by atoms with van der Waals surface area (Å²) in [6.07, 6.45) is -4.86. The van der Waals surface area contributed by atoms with Crippen LogP contribution in [0.25, 0.3) is 0 Å². The van der Waals surface area contributed by atoms with E-state index in [0.717, 1.165) is 0 Å². The second-order valence-electron chi connectivity index (χ2n) is 3.32. The van der Waals surface area contributed by atoms with Crippen LogP contribution in [0.3, 0.4) is 0 Å². The first kappa shape index (κ1) is 15.1. The van der Waals surface area contributed by atoms with Crippen molar-refractivity contribution in [1.82, 2.24) is 0 Å². The molecule has 0 fully saturated rings. The predicted molar refractivity (Wildman–Crippen MR) is 61.8 cm³/mol. The SMILES string of the molecule is O=C(O)C(COc1ccc(Cl)cc1Br)C(F)(F)F. The zero-order valence-electron chi connectivity index (χ0n) is 8.67. The van der Waals surface area contributed by atoms with Crippen molar-refractivity contribution in [2.45, 2.75) is 6.18 Å². The average Bonchev–Trinajstić information content (AvgIpc) is 2.18. The van der Waals surface area contributed by atoms with E-state index in [0.29, 0.717) is 9.50 Å². The summed E-state index contributed by atoms with van der Waals surface area (Å²) in [5.74, 6) is -4.46. The van der Waals surface area contributed by atoms with E-state index < -0.39 is 24.7 Å². The lowest BCUT2D eigenvalue weighted by Gasteiger charge is -2.17. The Bertz CT molecular complexity index is 450. The smallest absolute Gasteiger partial charge is 0.405 e. The molecule has 0 aromatic heterocycles. The van der Waals surface area contributed by atoms with Gasteiger partial charge in [-0.1, -0.05) is 11.6 Å². The third-order valence-electron chi connectivity index (χ3n) is 1.99. The highest BCUT2D eigenvalue weighted by molar-refractivity contribution is 9.10. The molecular formula is C10H7BrClF3O3. The molecule has 0 heterocycles. The van der Waals surface area contributed by atoms with E-state index in [2.05, 4.69) is 15.9 Å². The highest BCUT2D eigenvalue weighted by atomic mass is 79.9. The molecule has 8 heteroatoms. The fourth-order valence-corrected chi connectivity index (χ4v) is 1.87. The van der Waals surface area contributed by atoms with Crippen molar-refractivity contribution in [3.63, 3.8) is 0 Å². The maximum atomic E-state index is 12.3. The molecule has 1 atom stereocenters. The van der Waals surface area contributed by atoms with Crippen molar-refractivity contribution < 1.29 is 27.8 Å². The number of alkyl halides is 3. The van der Waals surface area contributed by atoms with E-state index in [4.69, 9.17) is 21.4 Å². The van der Waals surface area contributed by atoms with Gasteiger partial charge in [0.25, 0.3) is 0 Å². The van der Waals surface area contributed by atoms with Gasteiger partial charge < -0.3 is 9.84 Å². The molecule has 1 unspecified atom stereocenters. The fraction of sp³-hybridized carbons (Fsp3) is 0.300. The topological polar surface area (TPSA) is 46.5 Å². The molecule has 0 spiro atoms. The third kappa shape index (κ3) is 4.06. The summed E-state index contributed by atoms with van der Waals surface area (Å²) in [6.45, 7) is -1.00. The maximum absolute atomic E-state index is 12.3. The second kappa shape index (κ2) is 5.79. The Morgan fingerprint density at radius 1 is 1.50 bits per heavy atom. The minimum Gasteiger partial charge on any atom is -0.491 e. The van der Waals surface area contributed by atoms with Crippen LogP contribution in [0, 0.1) is 5.92 Å². The molecule has 18 heavy (non-hydrogen) atoms. The number of rotatable bonds is 4. The first-order valence-corrected chi connectivity index (χ1v) is 5.76. The lowest BCUT2D eigenvalue weighted by atomic mass is 10.1. The van der Waals surface area contributed by atoms with E-state index in [-0.39, 0.29) is 5.75 Å². The quantitative estimate of drug-likeness (QED) is 0.902. The van der Waals surface area contributed by atoms with Gasteiger partial charge in [0.1, 0.15) is 12.4 Å². The van der Waals surface area contributed by atoms with Gasteiger partial charge in [0.15, 0.2) is 5.92 Å². The largest absolute Gasteiger partial charge is 0.491 e. The van der Waals surface area contributed by atoms with Crippen LogP contribution >= 0.6 is 27.5 Å². The van der Waals surface area contributed by atoms with Gasteiger partial charge in [-0.25, -0.2) is 0 Å². The molecule has 0 aliphatic carbocycles. The molecular weight excluding hydrogens is 340 g/mol. The standard InChI is InChI=1S/C10H7BrClF3O3/c11-7-3-5(12)1-2-8(7)18-4-6(9(16)17)10(13,14)15/h1-3,6H,4H2,(H,16,17). The number of benzene rings is 1. The van der Waals surface area contributed by atoms with E-state index in [9.17, 15) is 18.0 Å². The number of carbonyl (C=O) groups is 1. The van der Waals surface area contributed by atoms with Gasteiger partial charge in [0, 0.05) is 5.02 Å². The summed E-state index contributed by atoms with van der Waals surface area (Å²) in [7, 11) is 0. The molecule has 1 rings (SSSR count). The molecule has 3 nitrogen and oxygen atoms in total. The van der Waals surface area contributed by atoms with Crippen LogP contribution in [-0.4, -0.2) is 23.9 Å². The molecule has 0 radical (unpaired) electrons. The van der Waals surface area contributed by atoms with Crippen LogP contribution in [0.2, 0.25) is 5.02 Å². The van der Waals surface area contributed by atoms with Gasteiger partial charge >= 0.3 is 12.1 Å². The normalized spacial score (nSPS) is 13.2. The summed E-state index contributed by atoms with van der Waals surface area (Å²) in [5.41, 5.74) is 0. The Balaban J connectivity index is 2.77. The number of carboxylic acid groups (broad SMARTS) is 1. The summed E-state index contributed by atoms with van der Waals surface area (Å²) in [5, 5.41) is 8.84. The van der Waals surface area contributed by atoms with Crippen molar-refractivity contribution in [3.8, 4) is 5.75 Å². The number of hydrogen-bond acceptors (Lipinski definition) is 2. The Morgan fingerprint density at radius 3 is 2.56 bits per heavy atom. The maximum Gasteiger partial charge on any atom is 0.405 e. The number of aliphatic carboxylic acids is 1. The lowest BCUT2D eigenvalue weighted by molar-refractivity contribution is -0.198. The minimum atomic E-state index is -4.86. The van der Waals surface area contributed by atoms with Gasteiger partial charge in [0.2, 0.25) is 0 Å². The van der Waals surface area contributed by atoms with E-state index in [1.54, 1.807) is 0 Å². The highest BCUT2D eigenvalue weighted by Crippen LogP contribution is 2.31. The van der Waals surface area contributed by atoms with Crippen LogP contribution in [0.1, 0.15) is 0 Å². The van der Waals surface area contributed by atoms with E-state index >= 15 is 0 Å². The van der Waals surface area contributed by atoms with E-state index in [1.165, 1.54) is 18.2 Å². The minimum absolute atomic E-state index is 0.0925. The molecule has 1 aromatic carbocycles. The van der Waals surface area contributed by atoms with Crippen LogP contribution in [0.5, 0.6) is 5.75 Å². The Morgan fingerprint density at radius 2 is 2.11 bits per heavy atom. The third-order valence-corrected chi connectivity index (χ3v) is 2.85. The summed E-state index contributed by atoms with van der Waals surface area (Å²) < 4.78 is 42.2. The number of ether oxygens (including phenoxy) is 1. The van der Waals surface area contributed by atoms with Gasteiger partial charge in [-0.05, 0) is 34.1 Å². The molecule has 1 aromatic rings.